The summed E-state index contributed by atoms with van der Waals surface area (Å²) in [6.45, 7) is 7.65. The summed E-state index contributed by atoms with van der Waals surface area (Å²) in [4.78, 5) is 0. The minimum Gasteiger partial charge on any atom is -0.394 e. The van der Waals surface area contributed by atoms with Crippen LogP contribution in [-0.2, 0) is 14.2 Å². The number of halogens is 1. The highest BCUT2D eigenvalue weighted by atomic mass is 79.9. The van der Waals surface area contributed by atoms with E-state index in [1.54, 1.807) is 0 Å². The lowest BCUT2D eigenvalue weighted by molar-refractivity contribution is 0.0321. The maximum Gasteiger partial charge on any atom is 0.0701 e. The quantitative estimate of drug-likeness (QED) is 0.256. The van der Waals surface area contributed by atoms with Crippen LogP contribution in [0.25, 0.3) is 0 Å². The monoisotopic (exact) mass is 432 g/mol. The van der Waals surface area contributed by atoms with E-state index in [9.17, 15) is 0 Å². The van der Waals surface area contributed by atoms with Crippen LogP contribution in [0.15, 0.2) is 0 Å². The van der Waals surface area contributed by atoms with Crippen molar-refractivity contribution in [1.82, 2.24) is 0 Å². The Morgan fingerprint density at radius 2 is 0.960 bits per heavy atom. The second-order valence-electron chi connectivity index (χ2n) is 5.11. The van der Waals surface area contributed by atoms with Gasteiger partial charge in [-0.25, -0.2) is 0 Å². The zero-order chi connectivity index (χ0) is 19.4. The second kappa shape index (κ2) is 35.4. The smallest absolute Gasteiger partial charge is 0.0701 e. The lowest BCUT2D eigenvalue weighted by Gasteiger charge is -2.03. The second-order valence-corrected chi connectivity index (χ2v) is 5.90. The number of hydrogen-bond donors (Lipinski definition) is 3. The molecule has 0 saturated heterocycles. The Balaban J connectivity index is -0.000000317. The van der Waals surface area contributed by atoms with E-state index < -0.39 is 0 Å². The van der Waals surface area contributed by atoms with Crippen LogP contribution < -0.4 is 0 Å². The van der Waals surface area contributed by atoms with Gasteiger partial charge < -0.3 is 29.5 Å². The summed E-state index contributed by atoms with van der Waals surface area (Å²) in [7, 11) is 0. The van der Waals surface area contributed by atoms with Gasteiger partial charge in [0.2, 0.25) is 0 Å². The number of alkyl halides is 1. The average molecular weight is 433 g/mol. The van der Waals surface area contributed by atoms with Crippen molar-refractivity contribution in [1.29, 1.82) is 0 Å². The minimum absolute atomic E-state index is 0.0278. The highest BCUT2D eigenvalue weighted by Crippen LogP contribution is 1.95. The SMILES string of the molecule is CCCCCBr.CCCCCOCCOCCO.OCCOCCO. The summed E-state index contributed by atoms with van der Waals surface area (Å²) in [6.07, 6.45) is 7.62. The van der Waals surface area contributed by atoms with Crippen molar-refractivity contribution < 1.29 is 29.5 Å². The Morgan fingerprint density at radius 3 is 1.32 bits per heavy atom. The van der Waals surface area contributed by atoms with Crippen molar-refractivity contribution in [2.24, 2.45) is 0 Å². The molecule has 0 amide bonds. The van der Waals surface area contributed by atoms with Crippen LogP contribution in [0.5, 0.6) is 0 Å². The van der Waals surface area contributed by atoms with Crippen LogP contribution in [-0.4, -0.2) is 80.1 Å². The topological polar surface area (TPSA) is 88.4 Å². The first kappa shape index (κ1) is 30.0. The third-order valence-corrected chi connectivity index (χ3v) is 3.27. The fraction of sp³-hybridized carbons (Fsp3) is 1.00. The summed E-state index contributed by atoms with van der Waals surface area (Å²) < 4.78 is 14.9. The molecule has 0 aromatic rings. The Labute approximate surface area is 163 Å². The van der Waals surface area contributed by atoms with Gasteiger partial charge in [-0.2, -0.15) is 0 Å². The van der Waals surface area contributed by atoms with Gasteiger partial charge in [0.1, 0.15) is 0 Å². The predicted octanol–water partition coefficient (Wildman–Crippen LogP) is 2.76. The highest BCUT2D eigenvalue weighted by molar-refractivity contribution is 9.09. The fourth-order valence-electron chi connectivity index (χ4n) is 1.42. The first-order valence-electron chi connectivity index (χ1n) is 9.36. The molecule has 0 saturated carbocycles. The van der Waals surface area contributed by atoms with Gasteiger partial charge in [-0.1, -0.05) is 55.5 Å². The highest BCUT2D eigenvalue weighted by Gasteiger charge is 1.89. The first-order chi connectivity index (χ1) is 12.2. The summed E-state index contributed by atoms with van der Waals surface area (Å²) in [5.74, 6) is 0. The number of aliphatic hydroxyl groups is 3. The lowest BCUT2D eigenvalue weighted by atomic mass is 10.3. The molecule has 0 fully saturated rings. The zero-order valence-electron chi connectivity index (χ0n) is 16.3. The van der Waals surface area contributed by atoms with Crippen LogP contribution in [0.3, 0.4) is 0 Å². The molecule has 0 atom stereocenters. The molecule has 3 N–H and O–H groups in total. The zero-order valence-corrected chi connectivity index (χ0v) is 17.8. The third kappa shape index (κ3) is 45.5. The molecule has 0 aromatic carbocycles. The van der Waals surface area contributed by atoms with E-state index in [0.717, 1.165) is 13.0 Å². The molecule has 25 heavy (non-hydrogen) atoms. The Kier molecular flexibility index (Phi) is 42.4. The van der Waals surface area contributed by atoms with E-state index in [2.05, 4.69) is 34.5 Å². The predicted molar refractivity (Wildman–Crippen MR) is 107 cm³/mol. The molecule has 6 nitrogen and oxygen atoms in total. The minimum atomic E-state index is 0.0278. The molecule has 0 spiro atoms. The van der Waals surface area contributed by atoms with Gasteiger partial charge in [-0.15, -0.1) is 0 Å². The van der Waals surface area contributed by atoms with Crippen molar-refractivity contribution in [2.45, 2.75) is 52.4 Å². The molecule has 0 aliphatic carbocycles. The summed E-state index contributed by atoms with van der Waals surface area (Å²) in [6, 6.07) is 0. The van der Waals surface area contributed by atoms with Gasteiger partial charge >= 0.3 is 0 Å². The molecule has 0 radical (unpaired) electrons. The molecular formula is C18H41BrO6. The van der Waals surface area contributed by atoms with Crippen molar-refractivity contribution in [3.05, 3.63) is 0 Å². The summed E-state index contributed by atoms with van der Waals surface area (Å²) in [5, 5.41) is 25.7. The molecule has 0 aliphatic heterocycles. The first-order valence-corrected chi connectivity index (χ1v) is 10.5. The lowest BCUT2D eigenvalue weighted by Crippen LogP contribution is -2.07. The Morgan fingerprint density at radius 1 is 0.560 bits per heavy atom. The maximum atomic E-state index is 8.37. The third-order valence-electron chi connectivity index (χ3n) is 2.71. The molecule has 7 heteroatoms. The Bertz CT molecular complexity index is 169. The maximum absolute atomic E-state index is 8.37. The van der Waals surface area contributed by atoms with Crippen molar-refractivity contribution in [3.8, 4) is 0 Å². The van der Waals surface area contributed by atoms with Crippen molar-refractivity contribution >= 4 is 15.9 Å². The number of ether oxygens (including phenoxy) is 3. The van der Waals surface area contributed by atoms with Crippen molar-refractivity contribution in [2.75, 3.05) is 64.8 Å². The van der Waals surface area contributed by atoms with Crippen LogP contribution in [0.2, 0.25) is 0 Å². The molecule has 0 aliphatic rings. The summed E-state index contributed by atoms with van der Waals surface area (Å²) in [5.41, 5.74) is 0. The van der Waals surface area contributed by atoms with Crippen LogP contribution in [0.1, 0.15) is 52.4 Å². The molecule has 0 rings (SSSR count). The summed E-state index contributed by atoms with van der Waals surface area (Å²) >= 11 is 3.35. The van der Waals surface area contributed by atoms with Gasteiger partial charge in [0.05, 0.1) is 52.9 Å². The normalized spacial score (nSPS) is 9.84. The fourth-order valence-corrected chi connectivity index (χ4v) is 1.81. The van der Waals surface area contributed by atoms with E-state index in [4.69, 9.17) is 24.8 Å². The van der Waals surface area contributed by atoms with Crippen LogP contribution in [0, 0.1) is 0 Å². The van der Waals surface area contributed by atoms with Crippen LogP contribution in [0.4, 0.5) is 0 Å². The van der Waals surface area contributed by atoms with E-state index in [0.29, 0.717) is 33.0 Å². The molecular weight excluding hydrogens is 392 g/mol. The standard InChI is InChI=1S/C9H20O3.C5H11Br.C4H10O3/c1-2-3-4-6-11-8-9-12-7-5-10;1-2-3-4-5-6;5-1-3-7-4-2-6/h10H,2-9H2,1H3;2-5H2,1H3;5-6H,1-4H2. The van der Waals surface area contributed by atoms with Gasteiger partial charge in [-0.3, -0.25) is 0 Å². The molecule has 156 valence electrons. The van der Waals surface area contributed by atoms with E-state index in [-0.39, 0.29) is 19.8 Å². The number of unbranched alkanes of at least 4 members (excludes halogenated alkanes) is 4. The van der Waals surface area contributed by atoms with E-state index >= 15 is 0 Å². The molecule has 0 aromatic heterocycles. The van der Waals surface area contributed by atoms with Gasteiger partial charge in [-0.05, 0) is 12.8 Å². The molecule has 0 bridgehead atoms. The van der Waals surface area contributed by atoms with Gasteiger partial charge in [0.25, 0.3) is 0 Å². The largest absolute Gasteiger partial charge is 0.394 e. The number of rotatable bonds is 16. The molecule has 0 unspecified atom stereocenters. The van der Waals surface area contributed by atoms with E-state index in [1.165, 1.54) is 37.4 Å². The number of hydrogen-bond acceptors (Lipinski definition) is 6. The van der Waals surface area contributed by atoms with Gasteiger partial charge in [0.15, 0.2) is 0 Å². The number of aliphatic hydroxyl groups excluding tert-OH is 3. The average Bonchev–Trinajstić information content (AvgIpc) is 2.64. The van der Waals surface area contributed by atoms with E-state index in [1.807, 2.05) is 0 Å². The van der Waals surface area contributed by atoms with Crippen LogP contribution >= 0.6 is 15.9 Å². The van der Waals surface area contributed by atoms with Gasteiger partial charge in [0, 0.05) is 11.9 Å². The van der Waals surface area contributed by atoms with Crippen molar-refractivity contribution in [3.63, 3.8) is 0 Å². The molecule has 0 heterocycles. The Hall–Kier alpha value is 0.240.